The van der Waals surface area contributed by atoms with Crippen molar-refractivity contribution in [2.45, 2.75) is 51.5 Å². The molecule has 4 aromatic carbocycles. The Morgan fingerprint density at radius 1 is 0.762 bits per heavy atom. The van der Waals surface area contributed by atoms with E-state index in [-0.39, 0.29) is 5.91 Å². The van der Waals surface area contributed by atoms with Gasteiger partial charge in [-0.05, 0) is 66.6 Å². The fourth-order valence-corrected chi connectivity index (χ4v) is 5.38. The molecule has 0 saturated heterocycles. The number of unbranched alkanes of at least 4 members (excludes halogenated alkanes) is 3. The lowest BCUT2D eigenvalue weighted by atomic mass is 10.0. The number of aromatic nitrogens is 2. The third-order valence-corrected chi connectivity index (χ3v) is 7.74. The average molecular weight is 580 g/mol. The molecule has 5 rings (SSSR count). The maximum atomic E-state index is 12.5. The van der Waals surface area contributed by atoms with E-state index in [1.165, 1.54) is 11.1 Å². The summed E-state index contributed by atoms with van der Waals surface area (Å²) in [5.74, 6) is 1.94. The third-order valence-electron chi connectivity index (χ3n) is 7.43. The lowest BCUT2D eigenvalue weighted by Gasteiger charge is -2.11. The molecule has 5 aromatic rings. The van der Waals surface area contributed by atoms with Crippen LogP contribution in [0.1, 0.15) is 43.5 Å². The van der Waals surface area contributed by atoms with Crippen LogP contribution in [0, 0.1) is 0 Å². The standard InChI is InChI=1S/C36H38ClN3O2/c37-31-15-6-9-18-34(31)42-26-12-11-25-40-33-17-8-7-16-32(33)39-35(40)19-5-2-10-24-38-36(41)27-28-20-22-30(23-21-28)29-13-3-1-4-14-29/h1,3-4,6-9,13-18,20-23H,2,5,10-12,19,24-27H2,(H,38,41). The minimum atomic E-state index is 0.0720. The highest BCUT2D eigenvalue weighted by molar-refractivity contribution is 6.32. The second-order valence-corrected chi connectivity index (χ2v) is 11.0. The number of hydrogen-bond acceptors (Lipinski definition) is 3. The van der Waals surface area contributed by atoms with Gasteiger partial charge in [-0.15, -0.1) is 0 Å². The van der Waals surface area contributed by atoms with E-state index in [1.807, 2.05) is 60.7 Å². The molecule has 0 aliphatic rings. The summed E-state index contributed by atoms with van der Waals surface area (Å²) >= 11 is 6.20. The van der Waals surface area contributed by atoms with Gasteiger partial charge in [0.05, 0.1) is 29.1 Å². The summed E-state index contributed by atoms with van der Waals surface area (Å²) < 4.78 is 8.22. The number of imidazole rings is 1. The monoisotopic (exact) mass is 579 g/mol. The van der Waals surface area contributed by atoms with E-state index < -0.39 is 0 Å². The smallest absolute Gasteiger partial charge is 0.224 e. The second kappa shape index (κ2) is 15.2. The van der Waals surface area contributed by atoms with Crippen molar-refractivity contribution in [3.05, 3.63) is 120 Å². The topological polar surface area (TPSA) is 56.2 Å². The molecule has 1 heterocycles. The Bertz CT molecular complexity index is 1560. The first-order valence-electron chi connectivity index (χ1n) is 14.9. The summed E-state index contributed by atoms with van der Waals surface area (Å²) in [6, 6.07) is 34.5. The van der Waals surface area contributed by atoms with Crippen molar-refractivity contribution in [3.63, 3.8) is 0 Å². The number of hydrogen-bond donors (Lipinski definition) is 1. The maximum Gasteiger partial charge on any atom is 0.224 e. The highest BCUT2D eigenvalue weighted by atomic mass is 35.5. The molecule has 5 nitrogen and oxygen atoms in total. The van der Waals surface area contributed by atoms with Crippen molar-refractivity contribution in [3.8, 4) is 16.9 Å². The molecule has 1 aromatic heterocycles. The molecule has 0 atom stereocenters. The Morgan fingerprint density at radius 2 is 1.50 bits per heavy atom. The number of carbonyl (C=O) groups is 1. The summed E-state index contributed by atoms with van der Waals surface area (Å²) in [4.78, 5) is 17.4. The second-order valence-electron chi connectivity index (χ2n) is 10.6. The lowest BCUT2D eigenvalue weighted by Crippen LogP contribution is -2.26. The van der Waals surface area contributed by atoms with Gasteiger partial charge >= 0.3 is 0 Å². The first-order chi connectivity index (χ1) is 20.7. The zero-order valence-electron chi connectivity index (χ0n) is 24.0. The van der Waals surface area contributed by atoms with Crippen molar-refractivity contribution in [2.24, 2.45) is 0 Å². The van der Waals surface area contributed by atoms with E-state index in [1.54, 1.807) is 0 Å². The fourth-order valence-electron chi connectivity index (χ4n) is 5.19. The Kier molecular flexibility index (Phi) is 10.7. The van der Waals surface area contributed by atoms with Crippen LogP contribution in [0.4, 0.5) is 0 Å². The van der Waals surface area contributed by atoms with Crippen LogP contribution in [0.2, 0.25) is 5.02 Å². The SMILES string of the molecule is O=C(Cc1ccc(-c2ccccc2)cc1)NCCCCCc1nc2ccccc2n1CCCCOc1ccccc1Cl. The number of amides is 1. The number of rotatable bonds is 15. The number of nitrogens with one attached hydrogen (secondary N) is 1. The molecule has 0 aliphatic carbocycles. The summed E-state index contributed by atoms with van der Waals surface area (Å²) in [5, 5.41) is 3.73. The summed E-state index contributed by atoms with van der Waals surface area (Å²) in [5.41, 5.74) is 5.60. The maximum absolute atomic E-state index is 12.5. The van der Waals surface area contributed by atoms with E-state index in [4.69, 9.17) is 21.3 Å². The van der Waals surface area contributed by atoms with Gasteiger partial charge in [0.2, 0.25) is 5.91 Å². The Hall–Kier alpha value is -4.09. The van der Waals surface area contributed by atoms with Gasteiger partial charge < -0.3 is 14.6 Å². The molecule has 0 radical (unpaired) electrons. The largest absolute Gasteiger partial charge is 0.492 e. The Morgan fingerprint density at radius 3 is 2.33 bits per heavy atom. The van der Waals surface area contributed by atoms with Crippen molar-refractivity contribution in [1.29, 1.82) is 0 Å². The van der Waals surface area contributed by atoms with E-state index in [0.717, 1.165) is 73.3 Å². The molecule has 0 fully saturated rings. The number of halogens is 1. The van der Waals surface area contributed by atoms with Crippen LogP contribution >= 0.6 is 11.6 Å². The first kappa shape index (κ1) is 29.4. The highest BCUT2D eigenvalue weighted by Crippen LogP contribution is 2.24. The van der Waals surface area contributed by atoms with Crippen molar-refractivity contribution in [2.75, 3.05) is 13.2 Å². The molecule has 216 valence electrons. The molecule has 0 spiro atoms. The van der Waals surface area contributed by atoms with Gasteiger partial charge in [0, 0.05) is 19.5 Å². The number of benzene rings is 4. The number of para-hydroxylation sites is 3. The molecule has 1 N–H and O–H groups in total. The van der Waals surface area contributed by atoms with Gasteiger partial charge in [-0.3, -0.25) is 4.79 Å². The van der Waals surface area contributed by atoms with Crippen molar-refractivity contribution in [1.82, 2.24) is 14.9 Å². The quantitative estimate of drug-likeness (QED) is 0.127. The van der Waals surface area contributed by atoms with Crippen LogP contribution < -0.4 is 10.1 Å². The van der Waals surface area contributed by atoms with Crippen molar-refractivity contribution >= 4 is 28.5 Å². The van der Waals surface area contributed by atoms with Gasteiger partial charge in [-0.1, -0.05) is 96.9 Å². The summed E-state index contributed by atoms with van der Waals surface area (Å²) in [7, 11) is 0. The normalized spacial score (nSPS) is 11.1. The molecular formula is C36H38ClN3O2. The van der Waals surface area contributed by atoms with E-state index in [9.17, 15) is 4.79 Å². The zero-order chi connectivity index (χ0) is 29.0. The van der Waals surface area contributed by atoms with E-state index in [2.05, 4.69) is 52.3 Å². The predicted octanol–water partition coefficient (Wildman–Crippen LogP) is 8.29. The average Bonchev–Trinajstić information content (AvgIpc) is 3.37. The van der Waals surface area contributed by atoms with Crippen LogP contribution in [-0.4, -0.2) is 28.6 Å². The minimum absolute atomic E-state index is 0.0720. The molecule has 42 heavy (non-hydrogen) atoms. The summed E-state index contributed by atoms with van der Waals surface area (Å²) in [6.45, 7) is 2.24. The number of carbonyl (C=O) groups excluding carboxylic acids is 1. The van der Waals surface area contributed by atoms with Gasteiger partial charge in [-0.25, -0.2) is 4.98 Å². The minimum Gasteiger partial charge on any atom is -0.492 e. The van der Waals surface area contributed by atoms with Crippen LogP contribution in [0.15, 0.2) is 103 Å². The molecular weight excluding hydrogens is 542 g/mol. The number of ether oxygens (including phenoxy) is 1. The molecule has 0 unspecified atom stereocenters. The van der Waals surface area contributed by atoms with Crippen LogP contribution in [0.25, 0.3) is 22.2 Å². The molecule has 6 heteroatoms. The summed E-state index contributed by atoms with van der Waals surface area (Å²) in [6.07, 6.45) is 6.30. The van der Waals surface area contributed by atoms with Crippen LogP contribution in [0.5, 0.6) is 5.75 Å². The van der Waals surface area contributed by atoms with E-state index >= 15 is 0 Å². The number of fused-ring (bicyclic) bond motifs is 1. The fraction of sp³-hybridized carbons (Fsp3) is 0.278. The number of nitrogens with zero attached hydrogens (tertiary/aromatic N) is 2. The number of aryl methyl sites for hydroxylation is 2. The first-order valence-corrected chi connectivity index (χ1v) is 15.3. The Balaban J connectivity index is 1.02. The predicted molar refractivity (Wildman–Crippen MR) is 172 cm³/mol. The van der Waals surface area contributed by atoms with E-state index in [0.29, 0.717) is 24.6 Å². The molecule has 0 saturated carbocycles. The van der Waals surface area contributed by atoms with Gasteiger partial charge in [0.25, 0.3) is 0 Å². The molecule has 0 aliphatic heterocycles. The molecule has 0 bridgehead atoms. The van der Waals surface area contributed by atoms with Gasteiger partial charge in [0.1, 0.15) is 11.6 Å². The highest BCUT2D eigenvalue weighted by Gasteiger charge is 2.11. The van der Waals surface area contributed by atoms with Gasteiger partial charge in [-0.2, -0.15) is 0 Å². The third kappa shape index (κ3) is 8.23. The zero-order valence-corrected chi connectivity index (χ0v) is 24.7. The van der Waals surface area contributed by atoms with Crippen LogP contribution in [-0.2, 0) is 24.2 Å². The lowest BCUT2D eigenvalue weighted by molar-refractivity contribution is -0.120. The Labute approximate surface area is 253 Å². The van der Waals surface area contributed by atoms with Crippen LogP contribution in [0.3, 0.4) is 0 Å². The van der Waals surface area contributed by atoms with Gasteiger partial charge in [0.15, 0.2) is 0 Å². The van der Waals surface area contributed by atoms with Crippen molar-refractivity contribution < 1.29 is 9.53 Å². The molecule has 1 amide bonds.